The van der Waals surface area contributed by atoms with Gasteiger partial charge in [-0.1, -0.05) is 6.07 Å². The van der Waals surface area contributed by atoms with Crippen LogP contribution in [0.1, 0.15) is 25.3 Å². The van der Waals surface area contributed by atoms with Gasteiger partial charge in [0.05, 0.1) is 21.3 Å². The third-order valence-electron chi connectivity index (χ3n) is 4.56. The molecule has 1 aromatic carbocycles. The van der Waals surface area contributed by atoms with Gasteiger partial charge in [-0.15, -0.1) is 12.4 Å². The molecule has 2 N–H and O–H groups in total. The summed E-state index contributed by atoms with van der Waals surface area (Å²) in [5.74, 6) is 2.76. The molecule has 1 aliphatic heterocycles. The van der Waals surface area contributed by atoms with Crippen molar-refractivity contribution < 1.29 is 14.2 Å². The van der Waals surface area contributed by atoms with Gasteiger partial charge >= 0.3 is 0 Å². The molecule has 1 aliphatic rings. The van der Waals surface area contributed by atoms with Crippen LogP contribution in [-0.4, -0.2) is 45.4 Å². The molecule has 1 heterocycles. The second-order valence-electron chi connectivity index (χ2n) is 5.97. The molecule has 0 saturated carbocycles. The predicted octanol–water partition coefficient (Wildman–Crippen LogP) is 2.69. The van der Waals surface area contributed by atoms with Crippen molar-refractivity contribution in [3.8, 4) is 17.2 Å². The number of nitrogens with zero attached hydrogens (tertiary/aromatic N) is 1. The summed E-state index contributed by atoms with van der Waals surface area (Å²) in [5, 5.41) is 0. The van der Waals surface area contributed by atoms with Crippen LogP contribution in [0.25, 0.3) is 0 Å². The Labute approximate surface area is 145 Å². The van der Waals surface area contributed by atoms with E-state index in [1.54, 1.807) is 21.3 Å². The smallest absolute Gasteiger partial charge is 0.203 e. The zero-order chi connectivity index (χ0) is 16.1. The highest BCUT2D eigenvalue weighted by atomic mass is 35.5. The molecule has 0 radical (unpaired) electrons. The molecule has 6 heteroatoms. The Morgan fingerprint density at radius 2 is 1.70 bits per heavy atom. The van der Waals surface area contributed by atoms with E-state index in [4.69, 9.17) is 19.9 Å². The number of rotatable bonds is 6. The fourth-order valence-electron chi connectivity index (χ4n) is 3.17. The molecule has 0 aliphatic carbocycles. The molecular weight excluding hydrogens is 316 g/mol. The van der Waals surface area contributed by atoms with Crippen LogP contribution >= 0.6 is 12.4 Å². The summed E-state index contributed by atoms with van der Waals surface area (Å²) in [7, 11) is 4.94. The molecule has 1 saturated heterocycles. The van der Waals surface area contributed by atoms with Crippen LogP contribution in [0.4, 0.5) is 0 Å². The molecule has 0 spiro atoms. The van der Waals surface area contributed by atoms with Crippen LogP contribution in [-0.2, 0) is 6.54 Å². The lowest BCUT2D eigenvalue weighted by atomic mass is 9.91. The van der Waals surface area contributed by atoms with Crippen molar-refractivity contribution >= 4 is 12.4 Å². The van der Waals surface area contributed by atoms with Gasteiger partial charge in [0, 0.05) is 18.2 Å². The Kier molecular flexibility index (Phi) is 7.95. The summed E-state index contributed by atoms with van der Waals surface area (Å²) < 4.78 is 16.3. The highest BCUT2D eigenvalue weighted by Gasteiger charge is 2.23. The largest absolute Gasteiger partial charge is 0.493 e. The third-order valence-corrected chi connectivity index (χ3v) is 4.56. The van der Waals surface area contributed by atoms with E-state index in [0.29, 0.717) is 17.4 Å². The first-order valence-corrected chi connectivity index (χ1v) is 7.86. The fourth-order valence-corrected chi connectivity index (χ4v) is 3.17. The van der Waals surface area contributed by atoms with Crippen LogP contribution in [0.3, 0.4) is 0 Å². The third kappa shape index (κ3) is 4.66. The van der Waals surface area contributed by atoms with Gasteiger partial charge in [-0.3, -0.25) is 4.90 Å². The molecule has 1 fully saturated rings. The number of methoxy groups -OCH3 is 3. The van der Waals surface area contributed by atoms with Crippen molar-refractivity contribution in [3.05, 3.63) is 17.7 Å². The SMILES string of the molecule is COc1ccc(CN2CCC(C(C)N)CC2)c(OC)c1OC.Cl. The second-order valence-corrected chi connectivity index (χ2v) is 5.97. The van der Waals surface area contributed by atoms with E-state index in [1.165, 1.54) is 0 Å². The maximum Gasteiger partial charge on any atom is 0.203 e. The van der Waals surface area contributed by atoms with E-state index in [1.807, 2.05) is 6.07 Å². The number of likely N-dealkylation sites (tertiary alicyclic amines) is 1. The summed E-state index contributed by atoms with van der Waals surface area (Å²) in [6, 6.07) is 4.28. The predicted molar refractivity (Wildman–Crippen MR) is 95.0 cm³/mol. The Hall–Kier alpha value is -1.17. The highest BCUT2D eigenvalue weighted by molar-refractivity contribution is 5.85. The van der Waals surface area contributed by atoms with Crippen molar-refractivity contribution in [2.24, 2.45) is 11.7 Å². The molecule has 0 amide bonds. The lowest BCUT2D eigenvalue weighted by Gasteiger charge is -2.34. The fraction of sp³-hybridized carbons (Fsp3) is 0.647. The van der Waals surface area contributed by atoms with Gasteiger partial charge in [-0.2, -0.15) is 0 Å². The van der Waals surface area contributed by atoms with Crippen molar-refractivity contribution in [2.45, 2.75) is 32.4 Å². The van der Waals surface area contributed by atoms with Crippen LogP contribution in [0.2, 0.25) is 0 Å². The average molecular weight is 345 g/mol. The van der Waals surface area contributed by atoms with E-state index in [2.05, 4.69) is 17.9 Å². The Morgan fingerprint density at radius 1 is 1.09 bits per heavy atom. The average Bonchev–Trinajstić information content (AvgIpc) is 2.54. The van der Waals surface area contributed by atoms with E-state index in [0.717, 1.165) is 43.8 Å². The summed E-state index contributed by atoms with van der Waals surface area (Å²) in [6.07, 6.45) is 2.32. The molecule has 1 aromatic rings. The quantitative estimate of drug-likeness (QED) is 0.859. The van der Waals surface area contributed by atoms with E-state index in [9.17, 15) is 0 Å². The highest BCUT2D eigenvalue weighted by Crippen LogP contribution is 2.40. The molecule has 23 heavy (non-hydrogen) atoms. The van der Waals surface area contributed by atoms with E-state index in [-0.39, 0.29) is 18.4 Å². The zero-order valence-electron chi connectivity index (χ0n) is 14.5. The molecule has 132 valence electrons. The summed E-state index contributed by atoms with van der Waals surface area (Å²) >= 11 is 0. The number of benzene rings is 1. The number of hydrogen-bond donors (Lipinski definition) is 1. The van der Waals surface area contributed by atoms with Crippen molar-refractivity contribution in [3.63, 3.8) is 0 Å². The van der Waals surface area contributed by atoms with Crippen LogP contribution in [0.5, 0.6) is 17.2 Å². The topological polar surface area (TPSA) is 57.0 Å². The van der Waals surface area contributed by atoms with Gasteiger partial charge in [-0.25, -0.2) is 0 Å². The van der Waals surface area contributed by atoms with Gasteiger partial charge in [0.15, 0.2) is 11.5 Å². The molecule has 0 aromatic heterocycles. The van der Waals surface area contributed by atoms with E-state index >= 15 is 0 Å². The minimum atomic E-state index is 0. The Morgan fingerprint density at radius 3 is 2.17 bits per heavy atom. The molecule has 1 atom stereocenters. The molecular formula is C17H29ClN2O3. The Balaban J connectivity index is 0.00000264. The molecule has 0 bridgehead atoms. The molecule has 1 unspecified atom stereocenters. The lowest BCUT2D eigenvalue weighted by Crippen LogP contribution is -2.39. The van der Waals surface area contributed by atoms with Gasteiger partial charge in [0.1, 0.15) is 0 Å². The first kappa shape index (κ1) is 19.9. The van der Waals surface area contributed by atoms with Gasteiger partial charge < -0.3 is 19.9 Å². The number of nitrogens with two attached hydrogens (primary N) is 1. The number of ether oxygens (including phenoxy) is 3. The standard InChI is InChI=1S/C17H28N2O3.ClH/c1-12(18)13-7-9-19(10-8-13)11-14-5-6-15(20-2)17(22-4)16(14)21-3;/h5-6,12-13H,7-11,18H2,1-4H3;1H. The van der Waals surface area contributed by atoms with Crippen molar-refractivity contribution in [1.82, 2.24) is 4.90 Å². The minimum absolute atomic E-state index is 0. The number of hydrogen-bond acceptors (Lipinski definition) is 5. The molecule has 5 nitrogen and oxygen atoms in total. The Bertz CT molecular complexity index is 489. The monoisotopic (exact) mass is 344 g/mol. The maximum atomic E-state index is 6.01. The summed E-state index contributed by atoms with van der Waals surface area (Å²) in [5.41, 5.74) is 7.14. The van der Waals surface area contributed by atoms with Crippen molar-refractivity contribution in [2.75, 3.05) is 34.4 Å². The van der Waals surface area contributed by atoms with Gasteiger partial charge in [0.2, 0.25) is 5.75 Å². The first-order valence-electron chi connectivity index (χ1n) is 7.86. The van der Waals surface area contributed by atoms with Crippen LogP contribution < -0.4 is 19.9 Å². The first-order chi connectivity index (χ1) is 10.6. The zero-order valence-corrected chi connectivity index (χ0v) is 15.3. The van der Waals surface area contributed by atoms with Gasteiger partial charge in [0.25, 0.3) is 0 Å². The summed E-state index contributed by atoms with van der Waals surface area (Å²) in [6.45, 7) is 5.11. The minimum Gasteiger partial charge on any atom is -0.493 e. The number of halogens is 1. The summed E-state index contributed by atoms with van der Waals surface area (Å²) in [4.78, 5) is 2.45. The molecule has 2 rings (SSSR count). The maximum absolute atomic E-state index is 6.01. The number of piperidine rings is 1. The lowest BCUT2D eigenvalue weighted by molar-refractivity contribution is 0.164. The van der Waals surface area contributed by atoms with Crippen molar-refractivity contribution in [1.29, 1.82) is 0 Å². The van der Waals surface area contributed by atoms with Crippen LogP contribution in [0.15, 0.2) is 12.1 Å². The second kappa shape index (κ2) is 9.21. The van der Waals surface area contributed by atoms with E-state index < -0.39 is 0 Å². The van der Waals surface area contributed by atoms with Gasteiger partial charge in [-0.05, 0) is 44.8 Å². The normalized spacial score (nSPS) is 17.3. The van der Waals surface area contributed by atoms with Crippen LogP contribution in [0, 0.1) is 5.92 Å².